The van der Waals surface area contributed by atoms with E-state index >= 15 is 0 Å². The molecule has 0 bridgehead atoms. The van der Waals surface area contributed by atoms with E-state index < -0.39 is 0 Å². The quantitative estimate of drug-likeness (QED) is 0.834. The van der Waals surface area contributed by atoms with Gasteiger partial charge in [-0.1, -0.05) is 18.2 Å². The van der Waals surface area contributed by atoms with Gasteiger partial charge in [-0.25, -0.2) is 0 Å². The molecular weight excluding hydrogens is 302 g/mol. The second kappa shape index (κ2) is 6.67. The second-order valence-electron chi connectivity index (χ2n) is 5.94. The molecule has 1 aliphatic carbocycles. The molecule has 1 aliphatic heterocycles. The Morgan fingerprint density at radius 3 is 2.86 bits per heavy atom. The summed E-state index contributed by atoms with van der Waals surface area (Å²) in [5.41, 5.74) is 0.737. The lowest BCUT2D eigenvalue weighted by Gasteiger charge is -2.42. The Morgan fingerprint density at radius 2 is 2.09 bits per heavy atom. The summed E-state index contributed by atoms with van der Waals surface area (Å²) in [7, 11) is 0. The van der Waals surface area contributed by atoms with Crippen LogP contribution in [0.3, 0.4) is 0 Å². The molecule has 3 unspecified atom stereocenters. The fraction of sp³-hybridized carbons (Fsp3) is 0.500. The van der Waals surface area contributed by atoms with E-state index in [9.17, 15) is 9.59 Å². The molecule has 2 N–H and O–H groups in total. The summed E-state index contributed by atoms with van der Waals surface area (Å²) in [6.45, 7) is 0.492. The van der Waals surface area contributed by atoms with Crippen molar-refractivity contribution in [1.82, 2.24) is 10.2 Å². The molecule has 1 aromatic carbocycles. The highest BCUT2D eigenvalue weighted by atomic mass is 35.5. The monoisotopic (exact) mass is 321 g/mol. The fourth-order valence-corrected chi connectivity index (χ4v) is 3.52. The maximum absolute atomic E-state index is 12.5. The first-order chi connectivity index (χ1) is 10.6. The topological polar surface area (TPSA) is 61.4 Å². The molecule has 1 saturated carbocycles. The third kappa shape index (κ3) is 3.42. The maximum atomic E-state index is 12.5. The number of anilines is 1. The molecule has 1 aromatic rings. The Labute approximate surface area is 135 Å². The van der Waals surface area contributed by atoms with Gasteiger partial charge in [0.15, 0.2) is 0 Å². The number of amides is 2. The van der Waals surface area contributed by atoms with E-state index in [1.807, 2.05) is 30.3 Å². The van der Waals surface area contributed by atoms with E-state index in [1.54, 1.807) is 4.90 Å². The number of halogens is 1. The molecule has 5 nitrogen and oxygen atoms in total. The Kier molecular flexibility index (Phi) is 4.64. The molecule has 3 rings (SSSR count). The van der Waals surface area contributed by atoms with Crippen LogP contribution < -0.4 is 10.6 Å². The van der Waals surface area contributed by atoms with Gasteiger partial charge in [0.1, 0.15) is 6.54 Å². The van der Waals surface area contributed by atoms with Crippen LogP contribution >= 0.6 is 11.6 Å². The number of para-hydroxylation sites is 1. The summed E-state index contributed by atoms with van der Waals surface area (Å²) in [6.07, 6.45) is 2.56. The van der Waals surface area contributed by atoms with Gasteiger partial charge in [0.2, 0.25) is 11.8 Å². The molecule has 0 spiro atoms. The highest BCUT2D eigenvalue weighted by molar-refractivity contribution is 6.20. The summed E-state index contributed by atoms with van der Waals surface area (Å²) in [6, 6.07) is 9.45. The molecule has 1 saturated heterocycles. The molecule has 118 valence electrons. The average Bonchev–Trinajstić information content (AvgIpc) is 2.51. The molecule has 2 fully saturated rings. The number of rotatable bonds is 3. The third-order valence-corrected chi connectivity index (χ3v) is 4.75. The van der Waals surface area contributed by atoms with Gasteiger partial charge in [-0.2, -0.15) is 0 Å². The van der Waals surface area contributed by atoms with Gasteiger partial charge in [0.05, 0.1) is 12.6 Å². The Hall–Kier alpha value is -1.59. The summed E-state index contributed by atoms with van der Waals surface area (Å²) in [4.78, 5) is 26.2. The number of benzene rings is 1. The van der Waals surface area contributed by atoms with Gasteiger partial charge < -0.3 is 10.2 Å². The molecule has 6 heteroatoms. The number of nitrogens with one attached hydrogen (secondary N) is 2. The zero-order valence-corrected chi connectivity index (χ0v) is 13.1. The van der Waals surface area contributed by atoms with Crippen LogP contribution in [0.25, 0.3) is 0 Å². The van der Waals surface area contributed by atoms with Crippen LogP contribution in [-0.2, 0) is 9.59 Å². The number of carbonyl (C=O) groups is 2. The zero-order chi connectivity index (χ0) is 15.5. The highest BCUT2D eigenvalue weighted by Crippen LogP contribution is 2.31. The Bertz CT molecular complexity index is 552. The lowest BCUT2D eigenvalue weighted by molar-refractivity contribution is -0.144. The van der Waals surface area contributed by atoms with Crippen molar-refractivity contribution in [2.24, 2.45) is 5.92 Å². The second-order valence-corrected chi connectivity index (χ2v) is 6.55. The van der Waals surface area contributed by atoms with E-state index in [1.165, 1.54) is 0 Å². The lowest BCUT2D eigenvalue weighted by Crippen LogP contribution is -2.59. The van der Waals surface area contributed by atoms with Crippen LogP contribution in [0.15, 0.2) is 30.3 Å². The van der Waals surface area contributed by atoms with Crippen molar-refractivity contribution in [3.8, 4) is 0 Å². The van der Waals surface area contributed by atoms with Crippen LogP contribution in [0.5, 0.6) is 0 Å². The minimum Gasteiger partial charge on any atom is -0.325 e. The largest absolute Gasteiger partial charge is 0.325 e. The van der Waals surface area contributed by atoms with Gasteiger partial charge in [-0.3, -0.25) is 14.9 Å². The first-order valence-electron chi connectivity index (χ1n) is 7.64. The van der Waals surface area contributed by atoms with Gasteiger partial charge in [0.25, 0.3) is 0 Å². The number of hydrogen-bond acceptors (Lipinski definition) is 3. The third-order valence-electron chi connectivity index (χ3n) is 4.35. The summed E-state index contributed by atoms with van der Waals surface area (Å²) in [5, 5.41) is 6.22. The van der Waals surface area contributed by atoms with E-state index in [0.717, 1.165) is 18.5 Å². The molecule has 0 radical (unpaired) electrons. The molecule has 1 heterocycles. The van der Waals surface area contributed by atoms with Crippen molar-refractivity contribution in [1.29, 1.82) is 0 Å². The van der Waals surface area contributed by atoms with Crippen molar-refractivity contribution >= 4 is 29.1 Å². The van der Waals surface area contributed by atoms with Crippen molar-refractivity contribution in [3.05, 3.63) is 30.3 Å². The average molecular weight is 322 g/mol. The van der Waals surface area contributed by atoms with E-state index in [2.05, 4.69) is 10.6 Å². The van der Waals surface area contributed by atoms with Crippen molar-refractivity contribution in [2.45, 2.75) is 30.7 Å². The fourth-order valence-electron chi connectivity index (χ4n) is 3.21. The van der Waals surface area contributed by atoms with Crippen LogP contribution in [0.2, 0.25) is 0 Å². The number of nitrogens with zero attached hydrogens (tertiary/aromatic N) is 1. The summed E-state index contributed by atoms with van der Waals surface area (Å²) < 4.78 is 0. The predicted molar refractivity (Wildman–Crippen MR) is 85.6 cm³/mol. The molecule has 22 heavy (non-hydrogen) atoms. The van der Waals surface area contributed by atoms with Crippen LogP contribution in [-0.4, -0.2) is 41.3 Å². The summed E-state index contributed by atoms with van der Waals surface area (Å²) in [5.74, 6) is -0.245. The Morgan fingerprint density at radius 1 is 1.32 bits per heavy atom. The van der Waals surface area contributed by atoms with Crippen molar-refractivity contribution < 1.29 is 9.59 Å². The number of alkyl halides is 1. The molecule has 0 aromatic heterocycles. The molecule has 2 aliphatic rings. The van der Waals surface area contributed by atoms with Gasteiger partial charge in [-0.15, -0.1) is 11.6 Å². The van der Waals surface area contributed by atoms with E-state index in [0.29, 0.717) is 13.1 Å². The lowest BCUT2D eigenvalue weighted by atomic mass is 9.82. The van der Waals surface area contributed by atoms with E-state index in [-0.39, 0.29) is 35.7 Å². The SMILES string of the molecule is O=C(CN1CNC2CCC(Cl)CC2C1=O)Nc1ccccc1. The number of fused-ring (bicyclic) bond motifs is 1. The maximum Gasteiger partial charge on any atom is 0.244 e. The van der Waals surface area contributed by atoms with E-state index in [4.69, 9.17) is 11.6 Å². The van der Waals surface area contributed by atoms with Gasteiger partial charge >= 0.3 is 0 Å². The minimum absolute atomic E-state index is 0.0392. The number of hydrogen-bond donors (Lipinski definition) is 2. The van der Waals surface area contributed by atoms with Crippen molar-refractivity contribution in [2.75, 3.05) is 18.5 Å². The first kappa shape index (κ1) is 15.3. The standard InChI is InChI=1S/C16H20ClN3O2/c17-11-6-7-14-13(8-11)16(22)20(10-18-14)9-15(21)19-12-4-2-1-3-5-12/h1-5,11,13-14,18H,6-10H2,(H,19,21). The summed E-state index contributed by atoms with van der Waals surface area (Å²) >= 11 is 6.18. The smallest absolute Gasteiger partial charge is 0.244 e. The van der Waals surface area contributed by atoms with Gasteiger partial charge in [-0.05, 0) is 31.4 Å². The highest BCUT2D eigenvalue weighted by Gasteiger charge is 2.40. The predicted octanol–water partition coefficient (Wildman–Crippen LogP) is 1.79. The van der Waals surface area contributed by atoms with Crippen molar-refractivity contribution in [3.63, 3.8) is 0 Å². The van der Waals surface area contributed by atoms with Gasteiger partial charge in [0, 0.05) is 17.1 Å². The Balaban J connectivity index is 1.58. The normalized spacial score (nSPS) is 28.1. The van der Waals surface area contributed by atoms with Crippen LogP contribution in [0.1, 0.15) is 19.3 Å². The van der Waals surface area contributed by atoms with Crippen LogP contribution in [0, 0.1) is 5.92 Å². The minimum atomic E-state index is -0.182. The molecule has 2 amide bonds. The molecular formula is C16H20ClN3O2. The zero-order valence-electron chi connectivity index (χ0n) is 12.3. The number of carbonyl (C=O) groups excluding carboxylic acids is 2. The molecule has 3 atom stereocenters. The first-order valence-corrected chi connectivity index (χ1v) is 8.08. The van der Waals surface area contributed by atoms with Crippen LogP contribution in [0.4, 0.5) is 5.69 Å².